The molecule has 4 rings (SSSR count). The molecule has 7 heteroatoms. The third-order valence-corrected chi connectivity index (χ3v) is 5.53. The highest BCUT2D eigenvalue weighted by atomic mass is 127. The molecule has 0 bridgehead atoms. The number of halogens is 1. The van der Waals surface area contributed by atoms with Gasteiger partial charge in [0.25, 0.3) is 0 Å². The van der Waals surface area contributed by atoms with Gasteiger partial charge in [-0.15, -0.1) is 0 Å². The van der Waals surface area contributed by atoms with E-state index in [1.165, 1.54) is 4.70 Å². The quantitative estimate of drug-likeness (QED) is 0.626. The Morgan fingerprint density at radius 2 is 1.95 bits per heavy atom. The molecule has 1 aliphatic carbocycles. The van der Waals surface area contributed by atoms with Crippen LogP contribution < -0.4 is 10.6 Å². The van der Waals surface area contributed by atoms with Crippen LogP contribution in [0.1, 0.15) is 12.8 Å². The van der Waals surface area contributed by atoms with Gasteiger partial charge in [0.2, 0.25) is 0 Å². The first-order valence-electron chi connectivity index (χ1n) is 7.12. The Bertz CT molecular complexity index is 766. The van der Waals surface area contributed by atoms with E-state index in [1.54, 1.807) is 17.7 Å². The molecule has 2 N–H and O–H groups in total. The molecule has 112 valence electrons. The maximum atomic E-state index is 4.62. The summed E-state index contributed by atoms with van der Waals surface area (Å²) in [4.78, 5) is 12.9. The number of hydrogen-bond donors (Lipinski definition) is 2. The third-order valence-electron chi connectivity index (χ3n) is 3.77. The predicted molar refractivity (Wildman–Crippen MR) is 98.4 cm³/mol. The standard InChI is InChI=1S/C15H14IN5S/c16-11-7-17-8-18-14(11)19-9-5-10(6-9)20-15-21-12-3-1-2-4-13(12)22-15/h1-4,7-10H,5-6H2,(H,20,21)(H,17,18,19)/t9-,10-. The molecule has 0 aliphatic heterocycles. The lowest BCUT2D eigenvalue weighted by molar-refractivity contribution is 0.396. The van der Waals surface area contributed by atoms with Crippen LogP contribution in [0, 0.1) is 3.57 Å². The van der Waals surface area contributed by atoms with Gasteiger partial charge in [-0.1, -0.05) is 23.5 Å². The molecule has 0 radical (unpaired) electrons. The number of nitrogens with one attached hydrogen (secondary N) is 2. The maximum absolute atomic E-state index is 4.62. The molecule has 0 atom stereocenters. The summed E-state index contributed by atoms with van der Waals surface area (Å²) in [5.74, 6) is 0.930. The molecule has 1 aromatic carbocycles. The van der Waals surface area contributed by atoms with E-state index in [2.05, 4.69) is 66.4 Å². The molecular formula is C15H14IN5S. The average Bonchev–Trinajstić information content (AvgIpc) is 2.89. The van der Waals surface area contributed by atoms with Crippen molar-refractivity contribution in [3.63, 3.8) is 0 Å². The van der Waals surface area contributed by atoms with E-state index in [0.717, 1.165) is 32.9 Å². The van der Waals surface area contributed by atoms with Crippen LogP contribution >= 0.6 is 33.9 Å². The lowest BCUT2D eigenvalue weighted by Gasteiger charge is -2.36. The molecule has 1 saturated carbocycles. The second-order valence-corrected chi connectivity index (χ2v) is 7.55. The van der Waals surface area contributed by atoms with Crippen molar-refractivity contribution in [2.45, 2.75) is 24.9 Å². The SMILES string of the molecule is Ic1cncnc1N[C@H]1C[C@H](Nc2nc3ccccc3s2)C1. The Balaban J connectivity index is 1.35. The lowest BCUT2D eigenvalue weighted by atomic mass is 9.87. The van der Waals surface area contributed by atoms with Gasteiger partial charge in [0.05, 0.1) is 13.8 Å². The molecule has 0 saturated heterocycles. The molecule has 22 heavy (non-hydrogen) atoms. The minimum Gasteiger partial charge on any atom is -0.366 e. The van der Waals surface area contributed by atoms with Crippen LogP contribution in [0.3, 0.4) is 0 Å². The number of aromatic nitrogens is 3. The Hall–Kier alpha value is -1.48. The van der Waals surface area contributed by atoms with Gasteiger partial charge in [-0.25, -0.2) is 15.0 Å². The number of thiazole rings is 1. The Morgan fingerprint density at radius 3 is 2.77 bits per heavy atom. The summed E-state index contributed by atoms with van der Waals surface area (Å²) < 4.78 is 2.29. The fourth-order valence-electron chi connectivity index (χ4n) is 2.57. The Morgan fingerprint density at radius 1 is 1.14 bits per heavy atom. The van der Waals surface area contributed by atoms with E-state index in [9.17, 15) is 0 Å². The fraction of sp³-hybridized carbons (Fsp3) is 0.267. The number of para-hydroxylation sites is 1. The highest BCUT2D eigenvalue weighted by molar-refractivity contribution is 14.1. The average molecular weight is 423 g/mol. The first-order valence-corrected chi connectivity index (χ1v) is 9.01. The second kappa shape index (κ2) is 5.96. The number of fused-ring (bicyclic) bond motifs is 1. The fourth-order valence-corrected chi connectivity index (χ4v) is 3.97. The van der Waals surface area contributed by atoms with Crippen LogP contribution in [-0.2, 0) is 0 Å². The van der Waals surface area contributed by atoms with Crippen LogP contribution in [0.15, 0.2) is 36.8 Å². The predicted octanol–water partition coefficient (Wildman–Crippen LogP) is 3.75. The van der Waals surface area contributed by atoms with Crippen molar-refractivity contribution in [3.8, 4) is 0 Å². The van der Waals surface area contributed by atoms with Crippen molar-refractivity contribution in [1.29, 1.82) is 0 Å². The van der Waals surface area contributed by atoms with E-state index in [0.29, 0.717) is 12.1 Å². The zero-order valence-electron chi connectivity index (χ0n) is 11.7. The number of nitrogens with zero attached hydrogens (tertiary/aromatic N) is 3. The van der Waals surface area contributed by atoms with E-state index < -0.39 is 0 Å². The summed E-state index contributed by atoms with van der Waals surface area (Å²) in [6.45, 7) is 0. The Labute approximate surface area is 145 Å². The van der Waals surface area contributed by atoms with E-state index >= 15 is 0 Å². The summed E-state index contributed by atoms with van der Waals surface area (Å²) in [5.41, 5.74) is 1.07. The Kier molecular flexibility index (Phi) is 3.83. The first kappa shape index (κ1) is 14.1. The monoisotopic (exact) mass is 423 g/mol. The smallest absolute Gasteiger partial charge is 0.184 e. The third kappa shape index (κ3) is 2.87. The van der Waals surface area contributed by atoms with Gasteiger partial charge in [-0.05, 0) is 47.6 Å². The minimum atomic E-state index is 0.468. The number of rotatable bonds is 4. The normalized spacial score (nSPS) is 20.6. The zero-order valence-corrected chi connectivity index (χ0v) is 14.6. The summed E-state index contributed by atoms with van der Waals surface area (Å²) in [5, 5.41) is 8.02. The summed E-state index contributed by atoms with van der Waals surface area (Å²) in [7, 11) is 0. The van der Waals surface area contributed by atoms with Crippen LogP contribution in [-0.4, -0.2) is 27.0 Å². The van der Waals surface area contributed by atoms with Gasteiger partial charge < -0.3 is 10.6 Å². The van der Waals surface area contributed by atoms with Gasteiger partial charge in [-0.3, -0.25) is 0 Å². The van der Waals surface area contributed by atoms with Gasteiger partial charge >= 0.3 is 0 Å². The highest BCUT2D eigenvalue weighted by Crippen LogP contribution is 2.31. The van der Waals surface area contributed by atoms with Gasteiger partial charge in [0.15, 0.2) is 5.13 Å². The van der Waals surface area contributed by atoms with E-state index in [-0.39, 0.29) is 0 Å². The number of hydrogen-bond acceptors (Lipinski definition) is 6. The molecule has 3 aromatic rings. The second-order valence-electron chi connectivity index (χ2n) is 5.36. The molecule has 0 amide bonds. The van der Waals surface area contributed by atoms with Crippen molar-refractivity contribution in [1.82, 2.24) is 15.0 Å². The summed E-state index contributed by atoms with van der Waals surface area (Å²) in [6, 6.07) is 9.20. The molecule has 5 nitrogen and oxygen atoms in total. The first-order chi connectivity index (χ1) is 10.8. The molecule has 1 aliphatic rings. The van der Waals surface area contributed by atoms with Gasteiger partial charge in [0.1, 0.15) is 12.1 Å². The van der Waals surface area contributed by atoms with Gasteiger partial charge in [-0.2, -0.15) is 0 Å². The van der Waals surface area contributed by atoms with E-state index in [1.807, 2.05) is 12.3 Å². The van der Waals surface area contributed by atoms with Crippen LogP contribution in [0.4, 0.5) is 10.9 Å². The molecule has 0 spiro atoms. The maximum Gasteiger partial charge on any atom is 0.184 e. The van der Waals surface area contributed by atoms with Crippen LogP contribution in [0.2, 0.25) is 0 Å². The molecular weight excluding hydrogens is 409 g/mol. The zero-order chi connectivity index (χ0) is 14.9. The van der Waals surface area contributed by atoms with Crippen molar-refractivity contribution >= 4 is 55.1 Å². The summed E-state index contributed by atoms with van der Waals surface area (Å²) >= 11 is 3.97. The lowest BCUT2D eigenvalue weighted by Crippen LogP contribution is -2.43. The van der Waals surface area contributed by atoms with Crippen molar-refractivity contribution in [3.05, 3.63) is 40.4 Å². The highest BCUT2D eigenvalue weighted by Gasteiger charge is 2.30. The molecule has 2 heterocycles. The van der Waals surface area contributed by atoms with Crippen molar-refractivity contribution < 1.29 is 0 Å². The minimum absolute atomic E-state index is 0.468. The van der Waals surface area contributed by atoms with E-state index in [4.69, 9.17) is 0 Å². The molecule has 1 fully saturated rings. The topological polar surface area (TPSA) is 62.7 Å². The van der Waals surface area contributed by atoms with Crippen LogP contribution in [0.25, 0.3) is 10.2 Å². The molecule has 0 unspecified atom stereocenters. The summed E-state index contributed by atoms with van der Waals surface area (Å²) in [6.07, 6.45) is 5.57. The van der Waals surface area contributed by atoms with Crippen molar-refractivity contribution in [2.75, 3.05) is 10.6 Å². The van der Waals surface area contributed by atoms with Gasteiger partial charge in [0, 0.05) is 18.3 Å². The largest absolute Gasteiger partial charge is 0.366 e. The van der Waals surface area contributed by atoms with Crippen LogP contribution in [0.5, 0.6) is 0 Å². The number of benzene rings is 1. The van der Waals surface area contributed by atoms with Crippen molar-refractivity contribution in [2.24, 2.45) is 0 Å². The molecule has 2 aromatic heterocycles. The number of anilines is 2.